The first kappa shape index (κ1) is 14.2. The minimum absolute atomic E-state index is 0.199. The monoisotopic (exact) mass is 292 g/mol. The lowest BCUT2D eigenvalue weighted by Gasteiger charge is -2.22. The van der Waals surface area contributed by atoms with Gasteiger partial charge in [0.1, 0.15) is 16.4 Å². The van der Waals surface area contributed by atoms with Gasteiger partial charge in [-0.25, -0.2) is 17.2 Å². The zero-order valence-corrected chi connectivity index (χ0v) is 10.8. The SMILES string of the molecule is Nc1c(F)ccc(S(=O)(=O)N2CCC[C@@H]2CO)c1F. The molecule has 0 bridgehead atoms. The third-order valence-electron chi connectivity index (χ3n) is 3.21. The lowest BCUT2D eigenvalue weighted by molar-refractivity contribution is 0.213. The van der Waals surface area contributed by atoms with Gasteiger partial charge in [0, 0.05) is 12.6 Å². The molecule has 3 N–H and O–H groups in total. The van der Waals surface area contributed by atoms with Gasteiger partial charge < -0.3 is 10.8 Å². The highest BCUT2D eigenvalue weighted by molar-refractivity contribution is 7.89. The number of hydrogen-bond donors (Lipinski definition) is 2. The maximum atomic E-state index is 13.8. The van der Waals surface area contributed by atoms with Crippen LogP contribution in [0.3, 0.4) is 0 Å². The molecular weight excluding hydrogens is 278 g/mol. The topological polar surface area (TPSA) is 83.6 Å². The van der Waals surface area contributed by atoms with Crippen molar-refractivity contribution in [3.63, 3.8) is 0 Å². The highest BCUT2D eigenvalue weighted by atomic mass is 32.2. The van der Waals surface area contributed by atoms with Gasteiger partial charge in [-0.1, -0.05) is 0 Å². The first-order chi connectivity index (χ1) is 8.89. The molecule has 0 aliphatic carbocycles. The molecule has 1 fully saturated rings. The number of nitrogens with two attached hydrogens (primary N) is 1. The van der Waals surface area contributed by atoms with Crippen LogP contribution >= 0.6 is 0 Å². The molecule has 5 nitrogen and oxygen atoms in total. The number of halogens is 2. The van der Waals surface area contributed by atoms with Crippen LogP contribution in [0.2, 0.25) is 0 Å². The van der Waals surface area contributed by atoms with Crippen LogP contribution in [0.1, 0.15) is 12.8 Å². The van der Waals surface area contributed by atoms with Crippen LogP contribution in [-0.2, 0) is 10.0 Å². The van der Waals surface area contributed by atoms with Gasteiger partial charge in [0.25, 0.3) is 0 Å². The van der Waals surface area contributed by atoms with Crippen molar-refractivity contribution >= 4 is 15.7 Å². The Bertz CT molecular complexity index is 592. The number of anilines is 1. The van der Waals surface area contributed by atoms with E-state index in [1.807, 2.05) is 0 Å². The van der Waals surface area contributed by atoms with Crippen molar-refractivity contribution in [3.05, 3.63) is 23.8 Å². The normalized spacial score (nSPS) is 20.9. The van der Waals surface area contributed by atoms with Crippen LogP contribution in [0.15, 0.2) is 17.0 Å². The second kappa shape index (κ2) is 5.03. The minimum atomic E-state index is -4.12. The van der Waals surface area contributed by atoms with E-state index >= 15 is 0 Å². The van der Waals surface area contributed by atoms with Crippen LogP contribution in [0.4, 0.5) is 14.5 Å². The van der Waals surface area contributed by atoms with E-state index in [1.54, 1.807) is 0 Å². The molecule has 0 unspecified atom stereocenters. The maximum Gasteiger partial charge on any atom is 0.246 e. The van der Waals surface area contributed by atoms with Crippen LogP contribution in [0.25, 0.3) is 0 Å². The third kappa shape index (κ3) is 2.31. The summed E-state index contributed by atoms with van der Waals surface area (Å²) in [6.07, 6.45) is 1.09. The summed E-state index contributed by atoms with van der Waals surface area (Å²) in [6.45, 7) is -0.137. The summed E-state index contributed by atoms with van der Waals surface area (Å²) >= 11 is 0. The number of aliphatic hydroxyl groups excluding tert-OH is 1. The van der Waals surface area contributed by atoms with Crippen molar-refractivity contribution in [1.82, 2.24) is 4.31 Å². The summed E-state index contributed by atoms with van der Waals surface area (Å²) in [5.74, 6) is -2.29. The Morgan fingerprint density at radius 1 is 1.42 bits per heavy atom. The quantitative estimate of drug-likeness (QED) is 0.803. The van der Waals surface area contributed by atoms with E-state index in [0.717, 1.165) is 16.4 Å². The van der Waals surface area contributed by atoms with E-state index < -0.39 is 38.3 Å². The highest BCUT2D eigenvalue weighted by Crippen LogP contribution is 2.30. The number of nitrogen functional groups attached to an aromatic ring is 1. The largest absolute Gasteiger partial charge is 0.395 e. The fourth-order valence-corrected chi connectivity index (χ4v) is 3.95. The van der Waals surface area contributed by atoms with E-state index in [4.69, 9.17) is 10.8 Å². The van der Waals surface area contributed by atoms with Gasteiger partial charge >= 0.3 is 0 Å². The van der Waals surface area contributed by atoms with Crippen molar-refractivity contribution in [3.8, 4) is 0 Å². The van der Waals surface area contributed by atoms with Crippen molar-refractivity contribution in [2.24, 2.45) is 0 Å². The molecule has 0 amide bonds. The molecule has 19 heavy (non-hydrogen) atoms. The first-order valence-electron chi connectivity index (χ1n) is 5.75. The van der Waals surface area contributed by atoms with Gasteiger partial charge in [-0.05, 0) is 25.0 Å². The van der Waals surface area contributed by atoms with E-state index in [-0.39, 0.29) is 13.2 Å². The number of sulfonamides is 1. The van der Waals surface area contributed by atoms with Gasteiger partial charge in [0.2, 0.25) is 10.0 Å². The second-order valence-electron chi connectivity index (χ2n) is 4.37. The molecule has 1 saturated heterocycles. The standard InChI is InChI=1S/C11H14F2N2O3S/c12-8-3-4-9(10(13)11(8)14)19(17,18)15-5-1-2-7(15)6-16/h3-4,7,16H,1-2,5-6,14H2/t7-/m1/s1. The summed E-state index contributed by atoms with van der Waals surface area (Å²) in [5, 5.41) is 9.13. The Kier molecular flexibility index (Phi) is 3.75. The van der Waals surface area contributed by atoms with Crippen molar-refractivity contribution in [2.45, 2.75) is 23.8 Å². The van der Waals surface area contributed by atoms with Gasteiger partial charge in [-0.3, -0.25) is 0 Å². The summed E-state index contributed by atoms with van der Waals surface area (Å²) in [5.41, 5.74) is 4.34. The van der Waals surface area contributed by atoms with Crippen molar-refractivity contribution in [1.29, 1.82) is 0 Å². The zero-order valence-electron chi connectivity index (χ0n) is 10.0. The molecule has 1 heterocycles. The van der Waals surface area contributed by atoms with Crippen molar-refractivity contribution < 1.29 is 22.3 Å². The molecule has 1 atom stereocenters. The third-order valence-corrected chi connectivity index (χ3v) is 5.18. The minimum Gasteiger partial charge on any atom is -0.395 e. The molecule has 8 heteroatoms. The molecule has 0 radical (unpaired) electrons. The Balaban J connectivity index is 2.48. The predicted molar refractivity (Wildman–Crippen MR) is 64.8 cm³/mol. The van der Waals surface area contributed by atoms with E-state index in [0.29, 0.717) is 12.8 Å². The van der Waals surface area contributed by atoms with Gasteiger partial charge in [0.15, 0.2) is 5.82 Å². The Labute approximate surface area is 109 Å². The van der Waals surface area contributed by atoms with Gasteiger partial charge in [-0.2, -0.15) is 4.31 Å². The molecule has 1 aliphatic rings. The Morgan fingerprint density at radius 3 is 2.74 bits per heavy atom. The van der Waals surface area contributed by atoms with Crippen molar-refractivity contribution in [2.75, 3.05) is 18.9 Å². The smallest absolute Gasteiger partial charge is 0.246 e. The summed E-state index contributed by atoms with van der Waals surface area (Å²) in [6, 6.07) is 1.09. The Hall–Kier alpha value is -1.25. The second-order valence-corrected chi connectivity index (χ2v) is 6.23. The van der Waals surface area contributed by atoms with Crippen LogP contribution in [-0.4, -0.2) is 37.0 Å². The van der Waals surface area contributed by atoms with Gasteiger partial charge in [0.05, 0.1) is 6.61 Å². The van der Waals surface area contributed by atoms with E-state index in [9.17, 15) is 17.2 Å². The summed E-state index contributed by atoms with van der Waals surface area (Å²) in [4.78, 5) is -0.660. The average Bonchev–Trinajstić information content (AvgIpc) is 2.84. The molecule has 2 rings (SSSR count). The Morgan fingerprint density at radius 2 is 2.11 bits per heavy atom. The predicted octanol–water partition coefficient (Wildman–Crippen LogP) is 0.692. The highest BCUT2D eigenvalue weighted by Gasteiger charge is 2.37. The average molecular weight is 292 g/mol. The molecule has 0 spiro atoms. The molecular formula is C11H14F2N2O3S. The molecule has 0 aromatic heterocycles. The number of aliphatic hydroxyl groups is 1. The molecule has 0 saturated carbocycles. The molecule has 1 aromatic rings. The molecule has 1 aliphatic heterocycles. The lowest BCUT2D eigenvalue weighted by atomic mass is 10.2. The first-order valence-corrected chi connectivity index (χ1v) is 7.19. The number of benzene rings is 1. The fourth-order valence-electron chi connectivity index (χ4n) is 2.18. The zero-order chi connectivity index (χ0) is 14.2. The number of rotatable bonds is 3. The molecule has 1 aromatic carbocycles. The number of hydrogen-bond acceptors (Lipinski definition) is 4. The summed E-state index contributed by atoms with van der Waals surface area (Å²) < 4.78 is 52.5. The maximum absolute atomic E-state index is 13.8. The summed E-state index contributed by atoms with van der Waals surface area (Å²) in [7, 11) is -4.12. The van der Waals surface area contributed by atoms with Crippen LogP contribution in [0, 0.1) is 11.6 Å². The van der Waals surface area contributed by atoms with Crippen LogP contribution in [0.5, 0.6) is 0 Å². The van der Waals surface area contributed by atoms with Gasteiger partial charge in [-0.15, -0.1) is 0 Å². The lowest BCUT2D eigenvalue weighted by Crippen LogP contribution is -2.38. The van der Waals surface area contributed by atoms with E-state index in [1.165, 1.54) is 0 Å². The molecule has 106 valence electrons. The van der Waals surface area contributed by atoms with Crippen LogP contribution < -0.4 is 5.73 Å². The van der Waals surface area contributed by atoms with E-state index in [2.05, 4.69) is 0 Å². The number of nitrogens with zero attached hydrogens (tertiary/aromatic N) is 1. The fraction of sp³-hybridized carbons (Fsp3) is 0.455.